The van der Waals surface area contributed by atoms with Crippen molar-refractivity contribution in [3.05, 3.63) is 115 Å². The number of carbonyl (C=O) groups is 5. The summed E-state index contributed by atoms with van der Waals surface area (Å²) in [5.41, 5.74) is 1.66. The number of hydrogen-bond donors (Lipinski definition) is 3. The first-order valence-corrected chi connectivity index (χ1v) is 22.3. The van der Waals surface area contributed by atoms with Gasteiger partial charge in [0.25, 0.3) is 0 Å². The van der Waals surface area contributed by atoms with Gasteiger partial charge in [0.2, 0.25) is 23.6 Å². The van der Waals surface area contributed by atoms with Gasteiger partial charge >= 0.3 is 0 Å². The first-order valence-electron chi connectivity index (χ1n) is 21.3. The van der Waals surface area contributed by atoms with Crippen LogP contribution in [0.2, 0.25) is 0 Å². The number of aliphatic imine (C=N–C) groups is 1. The van der Waals surface area contributed by atoms with Gasteiger partial charge in [-0.25, -0.2) is 13.8 Å². The number of pyridine rings is 1. The number of carbonyl (C=O) groups excluding carboxylic acids is 5. The minimum atomic E-state index is -1.32. The Balaban J connectivity index is 0.855. The maximum absolute atomic E-state index is 15.4. The predicted octanol–water partition coefficient (Wildman–Crippen LogP) is 8.56. The van der Waals surface area contributed by atoms with Gasteiger partial charge in [-0.1, -0.05) is 30.0 Å². The van der Waals surface area contributed by atoms with Crippen molar-refractivity contribution >= 4 is 79.9 Å². The molecule has 0 saturated heterocycles. The second-order valence-corrected chi connectivity index (χ2v) is 16.8. The summed E-state index contributed by atoms with van der Waals surface area (Å²) in [4.78, 5) is 71.8. The lowest BCUT2D eigenvalue weighted by molar-refractivity contribution is -0.131. The highest BCUT2D eigenvalue weighted by atomic mass is 32.2. The summed E-state index contributed by atoms with van der Waals surface area (Å²) < 4.78 is 48.3. The zero-order chi connectivity index (χ0) is 46.8. The number of aryl methyl sites for hydroxylation is 1. The van der Waals surface area contributed by atoms with Gasteiger partial charge in [0, 0.05) is 78.9 Å². The molecular formula is C49H48F2N6O8S. The van der Waals surface area contributed by atoms with Crippen molar-refractivity contribution in [3.8, 4) is 23.0 Å². The first kappa shape index (κ1) is 46.8. The highest BCUT2D eigenvalue weighted by molar-refractivity contribution is 8.14. The van der Waals surface area contributed by atoms with Crippen LogP contribution in [-0.2, 0) is 37.4 Å². The number of anilines is 2. The molecule has 1 atom stereocenters. The van der Waals surface area contributed by atoms with Gasteiger partial charge in [-0.3, -0.25) is 29.0 Å². The van der Waals surface area contributed by atoms with E-state index in [-0.39, 0.29) is 28.2 Å². The van der Waals surface area contributed by atoms with E-state index < -0.39 is 40.7 Å². The van der Waals surface area contributed by atoms with Crippen LogP contribution in [0, 0.1) is 23.0 Å². The van der Waals surface area contributed by atoms with E-state index in [4.69, 9.17) is 14.2 Å². The molecule has 3 N–H and O–H groups in total. The number of amides is 4. The summed E-state index contributed by atoms with van der Waals surface area (Å²) in [6.07, 6.45) is 7.93. The topological polar surface area (TPSA) is 179 Å². The fourth-order valence-electron chi connectivity index (χ4n) is 7.31. The number of rotatable bonds is 20. The van der Waals surface area contributed by atoms with Crippen LogP contribution >= 0.6 is 11.8 Å². The molecule has 2 aromatic heterocycles. The van der Waals surface area contributed by atoms with E-state index in [1.165, 1.54) is 62.8 Å². The Morgan fingerprint density at radius 2 is 1.61 bits per heavy atom. The SMILES string of the molecule is COc1cc2c(Oc3ccc(NC(=O)C4(C(=O)Nc5ccc(F)cc5)CC4)cc3F)ccnc2cc1OCCCCCNC(=O)CSC(=O)C(C=NC(C)=O)Cc1cn(C)c2ccccc12. The molecule has 14 nitrogen and oxygen atoms in total. The van der Waals surface area contributed by atoms with Crippen LogP contribution in [0.4, 0.5) is 20.2 Å². The molecule has 1 unspecified atom stereocenters. The fraction of sp³-hybridized carbons (Fsp3) is 0.286. The minimum absolute atomic E-state index is 0.0585. The van der Waals surface area contributed by atoms with E-state index in [9.17, 15) is 28.4 Å². The lowest BCUT2D eigenvalue weighted by Gasteiger charge is -2.16. The van der Waals surface area contributed by atoms with Gasteiger partial charge in [0.1, 0.15) is 17.0 Å². The molecule has 17 heteroatoms. The maximum Gasteiger partial charge on any atom is 0.242 e. The van der Waals surface area contributed by atoms with Crippen molar-refractivity contribution < 1.29 is 47.0 Å². The van der Waals surface area contributed by atoms with Crippen LogP contribution in [0.25, 0.3) is 21.8 Å². The number of fused-ring (bicyclic) bond motifs is 2. The normalized spacial score (nSPS) is 13.3. The summed E-state index contributed by atoms with van der Waals surface area (Å²) in [6, 6.07) is 22.0. The lowest BCUT2D eigenvalue weighted by atomic mass is 10.0. The Bertz CT molecular complexity index is 2810. The number of aromatic nitrogens is 2. The average molecular weight is 919 g/mol. The molecule has 1 fully saturated rings. The maximum atomic E-state index is 15.4. The highest BCUT2D eigenvalue weighted by Crippen LogP contribution is 2.48. The molecule has 1 aliphatic carbocycles. The monoisotopic (exact) mass is 918 g/mol. The van der Waals surface area contributed by atoms with Crippen LogP contribution < -0.4 is 30.2 Å². The number of benzene rings is 4. The summed E-state index contributed by atoms with van der Waals surface area (Å²) in [5, 5.41) is 9.43. The third-order valence-corrected chi connectivity index (χ3v) is 12.0. The largest absolute Gasteiger partial charge is 0.493 e. The van der Waals surface area contributed by atoms with Gasteiger partial charge < -0.3 is 34.7 Å². The summed E-state index contributed by atoms with van der Waals surface area (Å²) in [6.45, 7) is 2.09. The van der Waals surface area contributed by atoms with Gasteiger partial charge in [-0.2, -0.15) is 0 Å². The van der Waals surface area contributed by atoms with Gasteiger partial charge in [0.15, 0.2) is 28.2 Å². The van der Waals surface area contributed by atoms with E-state index in [0.29, 0.717) is 79.1 Å². The second kappa shape index (κ2) is 21.2. The number of nitrogens with zero attached hydrogens (tertiary/aromatic N) is 3. The molecule has 2 heterocycles. The number of halogens is 2. The molecular weight excluding hydrogens is 871 g/mol. The van der Waals surface area contributed by atoms with Crippen molar-refractivity contribution in [2.75, 3.05) is 36.6 Å². The number of thioether (sulfide) groups is 1. The van der Waals surface area contributed by atoms with Crippen LogP contribution in [0.15, 0.2) is 102 Å². The van der Waals surface area contributed by atoms with Crippen molar-refractivity contribution in [1.82, 2.24) is 14.9 Å². The van der Waals surface area contributed by atoms with E-state index >= 15 is 4.39 Å². The number of nitrogens with one attached hydrogen (secondary N) is 3. The van der Waals surface area contributed by atoms with E-state index in [0.717, 1.165) is 40.7 Å². The van der Waals surface area contributed by atoms with Gasteiger partial charge in [-0.15, -0.1) is 0 Å². The highest BCUT2D eigenvalue weighted by Gasteiger charge is 2.56. The van der Waals surface area contributed by atoms with Gasteiger partial charge in [0.05, 0.1) is 30.9 Å². The lowest BCUT2D eigenvalue weighted by Crippen LogP contribution is -2.35. The molecule has 7 rings (SSSR count). The molecule has 4 aromatic carbocycles. The van der Waals surface area contributed by atoms with E-state index in [1.54, 1.807) is 18.2 Å². The van der Waals surface area contributed by atoms with Crippen molar-refractivity contribution in [2.24, 2.45) is 23.4 Å². The van der Waals surface area contributed by atoms with Crippen LogP contribution in [0.1, 0.15) is 44.6 Å². The third-order valence-electron chi connectivity index (χ3n) is 11.0. The summed E-state index contributed by atoms with van der Waals surface area (Å²) >= 11 is 0.905. The predicted molar refractivity (Wildman–Crippen MR) is 249 cm³/mol. The zero-order valence-electron chi connectivity index (χ0n) is 36.5. The van der Waals surface area contributed by atoms with Crippen molar-refractivity contribution in [1.29, 1.82) is 0 Å². The summed E-state index contributed by atoms with van der Waals surface area (Å²) in [7, 11) is 3.43. The molecule has 1 saturated carbocycles. The first-order chi connectivity index (χ1) is 31.8. The molecule has 0 bridgehead atoms. The zero-order valence-corrected chi connectivity index (χ0v) is 37.3. The Morgan fingerprint density at radius 1 is 0.864 bits per heavy atom. The molecule has 342 valence electrons. The molecule has 66 heavy (non-hydrogen) atoms. The van der Waals surface area contributed by atoms with Crippen LogP contribution in [0.5, 0.6) is 23.0 Å². The number of methoxy groups -OCH3 is 1. The molecule has 4 amide bonds. The quantitative estimate of drug-likeness (QED) is 0.0382. The Labute approximate surface area is 383 Å². The molecule has 6 aromatic rings. The Morgan fingerprint density at radius 3 is 2.33 bits per heavy atom. The number of unbranched alkanes of at least 4 members (excludes halogenated alkanes) is 2. The molecule has 0 radical (unpaired) electrons. The molecule has 1 aliphatic rings. The van der Waals surface area contributed by atoms with Crippen LogP contribution in [-0.4, -0.2) is 70.5 Å². The molecule has 0 aliphatic heterocycles. The van der Waals surface area contributed by atoms with E-state index in [2.05, 4.69) is 25.9 Å². The standard InChI is InChI=1S/C49H48F2N6O8S/c1-30(58)54-27-31(23-32-28-57(2)40-10-6-5-9-36(32)40)46(60)66-29-45(59)53-20-7-4-8-22-64-44-26-39-37(25-43(44)63-3)41(17-21-52-39)65-42-16-15-35(24-38(42)51)56-48(62)49(18-19-49)47(61)55-34-13-11-33(50)12-14-34/h5-6,9-17,21,24-28,31H,4,7-8,18-20,22-23,29H2,1-3H3,(H,53,59)(H,55,61)(H,56,62). The number of para-hydroxylation sites is 1. The number of ether oxygens (including phenoxy) is 3. The van der Waals surface area contributed by atoms with E-state index in [1.807, 2.05) is 42.1 Å². The second-order valence-electron chi connectivity index (χ2n) is 15.8. The average Bonchev–Trinajstić information content (AvgIpc) is 4.07. The van der Waals surface area contributed by atoms with Crippen molar-refractivity contribution in [3.63, 3.8) is 0 Å². The molecule has 0 spiro atoms. The Hall–Kier alpha value is -7.14. The summed E-state index contributed by atoms with van der Waals surface area (Å²) in [5.74, 6) is -2.70. The van der Waals surface area contributed by atoms with Gasteiger partial charge in [-0.05, 0) is 98.7 Å². The Kier molecular flexibility index (Phi) is 15.1. The fourth-order valence-corrected chi connectivity index (χ4v) is 8.05. The minimum Gasteiger partial charge on any atom is -0.493 e. The van der Waals surface area contributed by atoms with Crippen LogP contribution in [0.3, 0.4) is 0 Å². The number of hydrogen-bond acceptors (Lipinski definition) is 10. The third kappa shape index (κ3) is 11.6. The van der Waals surface area contributed by atoms with Crippen molar-refractivity contribution in [2.45, 2.75) is 45.4 Å². The smallest absolute Gasteiger partial charge is 0.242 e.